The maximum Gasteiger partial charge on any atom is 0.231 e. The van der Waals surface area contributed by atoms with Gasteiger partial charge >= 0.3 is 0 Å². The van der Waals surface area contributed by atoms with E-state index in [0.29, 0.717) is 44.6 Å². The minimum absolute atomic E-state index is 0.0500. The SMILES string of the molecule is COCCCN(C[C@@H]1CCCN2CCCC[C@H]12)C(=O)[C@H]1CC(=O)N(Cc2ccc3c(c2)OCO3)C1. The number of likely N-dealkylation sites (tertiary alicyclic amines) is 1. The summed E-state index contributed by atoms with van der Waals surface area (Å²) in [7, 11) is 1.71. The fraction of sp³-hybridized carbons (Fsp3) is 0.704. The van der Waals surface area contributed by atoms with Crippen molar-refractivity contribution in [3.8, 4) is 11.5 Å². The Morgan fingerprint density at radius 3 is 2.89 bits per heavy atom. The second-order valence-electron chi connectivity index (χ2n) is 10.5. The molecule has 35 heavy (non-hydrogen) atoms. The third kappa shape index (κ3) is 5.59. The topological polar surface area (TPSA) is 71.6 Å². The Kier molecular flexibility index (Phi) is 7.78. The van der Waals surface area contributed by atoms with Gasteiger partial charge in [0.2, 0.25) is 18.6 Å². The zero-order valence-corrected chi connectivity index (χ0v) is 21.0. The van der Waals surface area contributed by atoms with E-state index in [1.54, 1.807) is 7.11 Å². The number of amides is 2. The molecule has 1 aromatic carbocycles. The highest BCUT2D eigenvalue weighted by atomic mass is 16.7. The number of carbonyl (C=O) groups is 2. The van der Waals surface area contributed by atoms with E-state index in [0.717, 1.165) is 30.0 Å². The van der Waals surface area contributed by atoms with Crippen LogP contribution in [0.25, 0.3) is 0 Å². The van der Waals surface area contributed by atoms with Crippen LogP contribution in [0.4, 0.5) is 0 Å². The first-order valence-electron chi connectivity index (χ1n) is 13.3. The van der Waals surface area contributed by atoms with Gasteiger partial charge in [-0.1, -0.05) is 12.5 Å². The highest BCUT2D eigenvalue weighted by molar-refractivity contribution is 5.89. The number of benzene rings is 1. The molecule has 4 aliphatic rings. The molecular weight excluding hydrogens is 446 g/mol. The normalized spacial score (nSPS) is 26.1. The molecule has 0 radical (unpaired) electrons. The molecule has 0 N–H and O–H groups in total. The van der Waals surface area contributed by atoms with Crippen molar-refractivity contribution >= 4 is 11.8 Å². The van der Waals surface area contributed by atoms with Crippen LogP contribution in [-0.4, -0.2) is 85.8 Å². The van der Waals surface area contributed by atoms with Gasteiger partial charge in [0.05, 0.1) is 5.92 Å². The summed E-state index contributed by atoms with van der Waals surface area (Å²) in [6.45, 7) is 5.74. The number of ether oxygens (including phenoxy) is 3. The van der Waals surface area contributed by atoms with Crippen LogP contribution in [0, 0.1) is 11.8 Å². The Morgan fingerprint density at radius 2 is 2.00 bits per heavy atom. The lowest BCUT2D eigenvalue weighted by atomic mass is 9.83. The van der Waals surface area contributed by atoms with Gasteiger partial charge in [0, 0.05) is 52.4 Å². The average molecular weight is 486 g/mol. The van der Waals surface area contributed by atoms with Gasteiger partial charge in [0.15, 0.2) is 11.5 Å². The predicted molar refractivity (Wildman–Crippen MR) is 131 cm³/mol. The second-order valence-corrected chi connectivity index (χ2v) is 10.5. The van der Waals surface area contributed by atoms with E-state index < -0.39 is 0 Å². The number of carbonyl (C=O) groups excluding carboxylic acids is 2. The number of piperidine rings is 2. The van der Waals surface area contributed by atoms with E-state index in [4.69, 9.17) is 14.2 Å². The molecule has 3 saturated heterocycles. The van der Waals surface area contributed by atoms with Crippen molar-refractivity contribution in [2.45, 2.75) is 57.5 Å². The van der Waals surface area contributed by atoms with Crippen molar-refractivity contribution in [2.75, 3.05) is 53.2 Å². The van der Waals surface area contributed by atoms with Crippen LogP contribution in [0.5, 0.6) is 11.5 Å². The van der Waals surface area contributed by atoms with Crippen LogP contribution in [0.3, 0.4) is 0 Å². The van der Waals surface area contributed by atoms with Gasteiger partial charge in [-0.2, -0.15) is 0 Å². The Hall–Kier alpha value is -2.32. The maximum absolute atomic E-state index is 13.7. The Balaban J connectivity index is 1.23. The largest absolute Gasteiger partial charge is 0.454 e. The van der Waals surface area contributed by atoms with Crippen LogP contribution in [0.1, 0.15) is 50.5 Å². The van der Waals surface area contributed by atoms with Gasteiger partial charge < -0.3 is 28.9 Å². The molecule has 8 nitrogen and oxygen atoms in total. The minimum Gasteiger partial charge on any atom is -0.454 e. The number of hydrogen-bond donors (Lipinski definition) is 0. The van der Waals surface area contributed by atoms with Gasteiger partial charge in [-0.25, -0.2) is 0 Å². The molecule has 3 atom stereocenters. The third-order valence-corrected chi connectivity index (χ3v) is 8.15. The van der Waals surface area contributed by atoms with E-state index in [9.17, 15) is 9.59 Å². The van der Waals surface area contributed by atoms with Crippen molar-refractivity contribution in [1.29, 1.82) is 0 Å². The van der Waals surface area contributed by atoms with Crippen molar-refractivity contribution < 1.29 is 23.8 Å². The third-order valence-electron chi connectivity index (χ3n) is 8.15. The van der Waals surface area contributed by atoms with Gasteiger partial charge in [0.1, 0.15) is 0 Å². The van der Waals surface area contributed by atoms with Crippen molar-refractivity contribution in [2.24, 2.45) is 11.8 Å². The summed E-state index contributed by atoms with van der Waals surface area (Å²) in [6.07, 6.45) is 7.36. The molecule has 0 unspecified atom stereocenters. The number of fused-ring (bicyclic) bond motifs is 2. The Bertz CT molecular complexity index is 907. The van der Waals surface area contributed by atoms with E-state index in [1.807, 2.05) is 23.1 Å². The number of hydrogen-bond acceptors (Lipinski definition) is 6. The maximum atomic E-state index is 13.7. The van der Waals surface area contributed by atoms with Gasteiger partial charge in [-0.05, 0) is 68.8 Å². The van der Waals surface area contributed by atoms with Crippen LogP contribution in [-0.2, 0) is 20.9 Å². The van der Waals surface area contributed by atoms with Gasteiger partial charge in [-0.3, -0.25) is 9.59 Å². The summed E-state index contributed by atoms with van der Waals surface area (Å²) in [5.41, 5.74) is 0.993. The Morgan fingerprint density at radius 1 is 1.14 bits per heavy atom. The lowest BCUT2D eigenvalue weighted by Gasteiger charge is -2.46. The Labute approximate surface area is 208 Å². The molecule has 2 amide bonds. The summed E-state index contributed by atoms with van der Waals surface area (Å²) in [5, 5.41) is 0. The highest BCUT2D eigenvalue weighted by Crippen LogP contribution is 2.34. The monoisotopic (exact) mass is 485 g/mol. The fourth-order valence-electron chi connectivity index (χ4n) is 6.37. The first-order valence-corrected chi connectivity index (χ1v) is 13.3. The molecule has 5 rings (SSSR count). The van der Waals surface area contributed by atoms with Gasteiger partial charge in [-0.15, -0.1) is 0 Å². The first-order chi connectivity index (χ1) is 17.1. The number of methoxy groups -OCH3 is 1. The minimum atomic E-state index is -0.273. The molecule has 0 aliphatic carbocycles. The summed E-state index contributed by atoms with van der Waals surface area (Å²) in [6, 6.07) is 6.38. The van der Waals surface area contributed by atoms with E-state index >= 15 is 0 Å². The van der Waals surface area contributed by atoms with Crippen molar-refractivity contribution in [3.05, 3.63) is 23.8 Å². The van der Waals surface area contributed by atoms with Crippen LogP contribution in [0.15, 0.2) is 18.2 Å². The molecular formula is C27H39N3O5. The molecule has 1 aromatic rings. The molecule has 4 aliphatic heterocycles. The lowest BCUT2D eigenvalue weighted by Crippen LogP contribution is -2.52. The first kappa shape index (κ1) is 24.4. The second kappa shape index (κ2) is 11.2. The molecule has 4 heterocycles. The van der Waals surface area contributed by atoms with Crippen molar-refractivity contribution in [3.63, 3.8) is 0 Å². The van der Waals surface area contributed by atoms with Crippen LogP contribution >= 0.6 is 0 Å². The number of rotatable bonds is 9. The quantitative estimate of drug-likeness (QED) is 0.501. The zero-order chi connectivity index (χ0) is 24.2. The fourth-order valence-corrected chi connectivity index (χ4v) is 6.37. The van der Waals surface area contributed by atoms with Gasteiger partial charge in [0.25, 0.3) is 0 Å². The lowest BCUT2D eigenvalue weighted by molar-refractivity contribution is -0.137. The zero-order valence-electron chi connectivity index (χ0n) is 21.0. The van der Waals surface area contributed by atoms with E-state index in [-0.39, 0.29) is 24.5 Å². The smallest absolute Gasteiger partial charge is 0.231 e. The molecule has 0 spiro atoms. The molecule has 192 valence electrons. The summed E-state index contributed by atoms with van der Waals surface area (Å²) in [5.74, 6) is 1.89. The standard InChI is InChI=1S/C27H39N3O5/c1-33-13-5-12-29(17-21-6-4-11-28-10-3-2-7-23(21)28)27(32)22-15-26(31)30(18-22)16-20-8-9-24-25(14-20)35-19-34-24/h8-9,14,21-23H,2-7,10-13,15-19H2,1H3/t21-,22-,23+/m0/s1. The van der Waals surface area contributed by atoms with Crippen LogP contribution < -0.4 is 9.47 Å². The molecule has 0 saturated carbocycles. The summed E-state index contributed by atoms with van der Waals surface area (Å²) in [4.78, 5) is 33.1. The predicted octanol–water partition coefficient (Wildman–Crippen LogP) is 2.89. The highest BCUT2D eigenvalue weighted by Gasteiger charge is 2.39. The summed E-state index contributed by atoms with van der Waals surface area (Å²) < 4.78 is 16.1. The number of nitrogens with zero attached hydrogens (tertiary/aromatic N) is 3. The van der Waals surface area contributed by atoms with E-state index in [1.165, 1.54) is 45.2 Å². The molecule has 3 fully saturated rings. The average Bonchev–Trinajstić information content (AvgIpc) is 3.49. The molecule has 0 aromatic heterocycles. The molecule has 8 heteroatoms. The van der Waals surface area contributed by atoms with Crippen LogP contribution in [0.2, 0.25) is 0 Å². The van der Waals surface area contributed by atoms with Crippen molar-refractivity contribution in [1.82, 2.24) is 14.7 Å². The molecule has 0 bridgehead atoms. The van der Waals surface area contributed by atoms with E-state index in [2.05, 4.69) is 9.80 Å². The summed E-state index contributed by atoms with van der Waals surface area (Å²) >= 11 is 0.